The molecule has 4 nitrogen and oxygen atoms in total. The van der Waals surface area contributed by atoms with Crippen molar-refractivity contribution >= 4 is 27.5 Å². The van der Waals surface area contributed by atoms with Gasteiger partial charge < -0.3 is 4.52 Å². The van der Waals surface area contributed by atoms with Gasteiger partial charge >= 0.3 is 0 Å². The molecule has 3 rings (SSSR count). The van der Waals surface area contributed by atoms with Gasteiger partial charge in [0.2, 0.25) is 5.82 Å². The van der Waals surface area contributed by atoms with Gasteiger partial charge in [-0.05, 0) is 30.3 Å². The van der Waals surface area contributed by atoms with Crippen molar-refractivity contribution in [2.45, 2.75) is 0 Å². The molecule has 20 heavy (non-hydrogen) atoms. The SMILES string of the molecule is Fc1cc(Br)cc(-c2nc(-c3ccc(Cl)cn3)no2)c1. The van der Waals surface area contributed by atoms with E-state index in [4.69, 9.17) is 16.1 Å². The van der Waals surface area contributed by atoms with Crippen LogP contribution in [0.4, 0.5) is 4.39 Å². The second kappa shape index (κ2) is 5.30. The first-order valence-electron chi connectivity index (χ1n) is 5.54. The van der Waals surface area contributed by atoms with Crippen LogP contribution in [0.2, 0.25) is 5.02 Å². The molecule has 7 heteroatoms. The van der Waals surface area contributed by atoms with Crippen LogP contribution in [0.1, 0.15) is 0 Å². The first-order valence-corrected chi connectivity index (χ1v) is 6.71. The molecule has 0 radical (unpaired) electrons. The molecule has 0 atom stereocenters. The number of rotatable bonds is 2. The number of hydrogen-bond donors (Lipinski definition) is 0. The Kier molecular flexibility index (Phi) is 3.50. The Morgan fingerprint density at radius 1 is 1.20 bits per heavy atom. The summed E-state index contributed by atoms with van der Waals surface area (Å²) in [7, 11) is 0. The van der Waals surface area contributed by atoms with Crippen molar-refractivity contribution in [2.24, 2.45) is 0 Å². The third kappa shape index (κ3) is 2.71. The Morgan fingerprint density at radius 2 is 2.05 bits per heavy atom. The van der Waals surface area contributed by atoms with Crippen molar-refractivity contribution in [1.82, 2.24) is 15.1 Å². The molecule has 2 heterocycles. The van der Waals surface area contributed by atoms with Crippen LogP contribution in [-0.4, -0.2) is 15.1 Å². The normalized spacial score (nSPS) is 10.8. The average Bonchev–Trinajstić information content (AvgIpc) is 2.88. The van der Waals surface area contributed by atoms with E-state index in [-0.39, 0.29) is 5.89 Å². The number of hydrogen-bond acceptors (Lipinski definition) is 4. The lowest BCUT2D eigenvalue weighted by Crippen LogP contribution is -1.85. The zero-order valence-electron chi connectivity index (χ0n) is 9.85. The van der Waals surface area contributed by atoms with Crippen LogP contribution >= 0.6 is 27.5 Å². The van der Waals surface area contributed by atoms with Crippen LogP contribution in [0.3, 0.4) is 0 Å². The van der Waals surface area contributed by atoms with Crippen LogP contribution < -0.4 is 0 Å². The Bertz CT molecular complexity index is 740. The highest BCUT2D eigenvalue weighted by molar-refractivity contribution is 9.10. The van der Waals surface area contributed by atoms with Crippen molar-refractivity contribution in [2.75, 3.05) is 0 Å². The van der Waals surface area contributed by atoms with E-state index in [0.717, 1.165) is 0 Å². The van der Waals surface area contributed by atoms with Gasteiger partial charge in [0, 0.05) is 16.2 Å². The maximum Gasteiger partial charge on any atom is 0.258 e. The van der Waals surface area contributed by atoms with Gasteiger partial charge in [0.05, 0.1) is 5.02 Å². The van der Waals surface area contributed by atoms with E-state index in [9.17, 15) is 4.39 Å². The molecule has 1 aromatic carbocycles. The molecule has 0 amide bonds. The molecule has 0 bridgehead atoms. The lowest BCUT2D eigenvalue weighted by atomic mass is 10.2. The van der Waals surface area contributed by atoms with E-state index in [2.05, 4.69) is 31.1 Å². The highest BCUT2D eigenvalue weighted by Crippen LogP contribution is 2.25. The molecule has 0 N–H and O–H groups in total. The van der Waals surface area contributed by atoms with Gasteiger partial charge in [0.15, 0.2) is 0 Å². The van der Waals surface area contributed by atoms with Gasteiger partial charge in [-0.1, -0.05) is 32.7 Å². The van der Waals surface area contributed by atoms with E-state index in [1.807, 2.05) is 0 Å². The minimum absolute atomic E-state index is 0.219. The summed E-state index contributed by atoms with van der Waals surface area (Å²) in [6.07, 6.45) is 1.49. The number of nitrogens with zero attached hydrogens (tertiary/aromatic N) is 3. The highest BCUT2D eigenvalue weighted by Gasteiger charge is 2.12. The van der Waals surface area contributed by atoms with Gasteiger partial charge in [0.25, 0.3) is 5.89 Å². The molecular formula is C13H6BrClFN3O. The molecule has 0 aliphatic carbocycles. The largest absolute Gasteiger partial charge is 0.334 e. The van der Waals surface area contributed by atoms with Crippen LogP contribution in [0, 0.1) is 5.82 Å². The minimum atomic E-state index is -0.390. The van der Waals surface area contributed by atoms with Gasteiger partial charge in [-0.3, -0.25) is 4.98 Å². The van der Waals surface area contributed by atoms with E-state index < -0.39 is 5.82 Å². The Hall–Kier alpha value is -1.79. The number of aromatic nitrogens is 3. The lowest BCUT2D eigenvalue weighted by molar-refractivity contribution is 0.432. The monoisotopic (exact) mass is 353 g/mol. The highest BCUT2D eigenvalue weighted by atomic mass is 79.9. The minimum Gasteiger partial charge on any atom is -0.334 e. The summed E-state index contributed by atoms with van der Waals surface area (Å²) in [6, 6.07) is 7.71. The molecular weight excluding hydrogens is 349 g/mol. The van der Waals surface area contributed by atoms with Crippen molar-refractivity contribution in [3.63, 3.8) is 0 Å². The zero-order chi connectivity index (χ0) is 14.1. The molecule has 0 spiro atoms. The summed E-state index contributed by atoms with van der Waals surface area (Å²) in [5, 5.41) is 4.34. The van der Waals surface area contributed by atoms with Crippen LogP contribution in [-0.2, 0) is 0 Å². The Morgan fingerprint density at radius 3 is 2.75 bits per heavy atom. The maximum atomic E-state index is 13.3. The smallest absolute Gasteiger partial charge is 0.258 e. The molecule has 0 saturated carbocycles. The molecule has 0 aliphatic rings. The molecule has 2 aromatic heterocycles. The topological polar surface area (TPSA) is 51.8 Å². The zero-order valence-corrected chi connectivity index (χ0v) is 12.2. The maximum absolute atomic E-state index is 13.3. The van der Waals surface area contributed by atoms with Crippen molar-refractivity contribution < 1.29 is 8.91 Å². The third-order valence-electron chi connectivity index (χ3n) is 2.49. The second-order valence-corrected chi connectivity index (χ2v) is 5.30. The quantitative estimate of drug-likeness (QED) is 0.686. The molecule has 0 aliphatic heterocycles. The van der Waals surface area contributed by atoms with E-state index >= 15 is 0 Å². The molecule has 3 aromatic rings. The van der Waals surface area contributed by atoms with Crippen molar-refractivity contribution in [3.05, 3.63) is 51.8 Å². The fraction of sp³-hybridized carbons (Fsp3) is 0. The predicted molar refractivity (Wildman–Crippen MR) is 75.6 cm³/mol. The molecule has 100 valence electrons. The van der Waals surface area contributed by atoms with Gasteiger partial charge in [-0.2, -0.15) is 4.98 Å². The number of halogens is 3. The van der Waals surface area contributed by atoms with E-state index in [0.29, 0.717) is 26.6 Å². The molecule has 0 saturated heterocycles. The predicted octanol–water partition coefficient (Wildman–Crippen LogP) is 4.35. The number of pyridine rings is 1. The van der Waals surface area contributed by atoms with E-state index in [1.165, 1.54) is 18.3 Å². The second-order valence-electron chi connectivity index (χ2n) is 3.94. The van der Waals surface area contributed by atoms with E-state index in [1.54, 1.807) is 18.2 Å². The summed E-state index contributed by atoms with van der Waals surface area (Å²) in [5.41, 5.74) is 1.02. The standard InChI is InChI=1S/C13H6BrClFN3O/c14-8-3-7(4-10(16)5-8)13-18-12(19-20-13)11-2-1-9(15)6-17-11/h1-6H. The van der Waals surface area contributed by atoms with Crippen LogP contribution in [0.15, 0.2) is 45.5 Å². The fourth-order valence-electron chi connectivity index (χ4n) is 1.63. The van der Waals surface area contributed by atoms with Crippen LogP contribution in [0.25, 0.3) is 23.0 Å². The number of benzene rings is 1. The van der Waals surface area contributed by atoms with Crippen LogP contribution in [0.5, 0.6) is 0 Å². The third-order valence-corrected chi connectivity index (χ3v) is 3.17. The molecule has 0 unspecified atom stereocenters. The molecule has 0 fully saturated rings. The summed E-state index contributed by atoms with van der Waals surface area (Å²) in [6.45, 7) is 0. The summed E-state index contributed by atoms with van der Waals surface area (Å²) < 4.78 is 19.1. The fourth-order valence-corrected chi connectivity index (χ4v) is 2.21. The summed E-state index contributed by atoms with van der Waals surface area (Å²) >= 11 is 8.97. The average molecular weight is 355 g/mol. The summed E-state index contributed by atoms with van der Waals surface area (Å²) in [5.74, 6) is 0.146. The van der Waals surface area contributed by atoms with Crippen molar-refractivity contribution in [3.8, 4) is 23.0 Å². The van der Waals surface area contributed by atoms with Gasteiger partial charge in [0.1, 0.15) is 11.5 Å². The summed E-state index contributed by atoms with van der Waals surface area (Å²) in [4.78, 5) is 8.28. The van der Waals surface area contributed by atoms with Gasteiger partial charge in [-0.15, -0.1) is 0 Å². The lowest BCUT2D eigenvalue weighted by Gasteiger charge is -1.96. The first-order chi connectivity index (χ1) is 9.61. The first kappa shape index (κ1) is 13.2. The Balaban J connectivity index is 1.99. The Labute approximate surface area is 126 Å². The van der Waals surface area contributed by atoms with Crippen molar-refractivity contribution in [1.29, 1.82) is 0 Å². The van der Waals surface area contributed by atoms with Gasteiger partial charge in [-0.25, -0.2) is 4.39 Å².